The van der Waals surface area contributed by atoms with Crippen LogP contribution in [0.5, 0.6) is 0 Å². The van der Waals surface area contributed by atoms with E-state index in [0.29, 0.717) is 24.9 Å². The normalized spacial score (nSPS) is 21.9. The van der Waals surface area contributed by atoms with E-state index in [-0.39, 0.29) is 18.6 Å². The standard InChI is InChI=1S/C19H24FNO4/c20-16-8-2-1-7-15(16)19(9-3-4-10-19)18(23)25-13-17(22)21-12-14-6-5-11-24-14/h1-2,7-8,14H,3-6,9-13H2,(H,21,22)/t14-/m1/s1. The van der Waals surface area contributed by atoms with Gasteiger partial charge in [-0.05, 0) is 31.7 Å². The molecule has 1 aliphatic heterocycles. The Kier molecular flexibility index (Phi) is 5.68. The number of carbonyl (C=O) groups excluding carboxylic acids is 2. The molecule has 1 aromatic carbocycles. The largest absolute Gasteiger partial charge is 0.455 e. The van der Waals surface area contributed by atoms with Gasteiger partial charge in [-0.2, -0.15) is 0 Å². The van der Waals surface area contributed by atoms with E-state index in [9.17, 15) is 14.0 Å². The molecule has 1 saturated heterocycles. The van der Waals surface area contributed by atoms with Gasteiger partial charge in [-0.1, -0.05) is 31.0 Å². The number of carbonyl (C=O) groups is 2. The minimum Gasteiger partial charge on any atom is -0.455 e. The van der Waals surface area contributed by atoms with Gasteiger partial charge in [0.1, 0.15) is 5.82 Å². The third-order valence-electron chi connectivity index (χ3n) is 5.12. The second-order valence-corrected chi connectivity index (χ2v) is 6.78. The van der Waals surface area contributed by atoms with E-state index >= 15 is 0 Å². The molecule has 3 rings (SSSR count). The Bertz CT molecular complexity index is 622. The fourth-order valence-corrected chi connectivity index (χ4v) is 3.76. The van der Waals surface area contributed by atoms with E-state index in [1.807, 2.05) is 0 Å². The van der Waals surface area contributed by atoms with Crippen LogP contribution < -0.4 is 5.32 Å². The highest BCUT2D eigenvalue weighted by Gasteiger charge is 2.45. The van der Waals surface area contributed by atoms with Crippen LogP contribution in [0, 0.1) is 5.82 Å². The number of amides is 1. The zero-order valence-electron chi connectivity index (χ0n) is 14.3. The molecule has 2 fully saturated rings. The summed E-state index contributed by atoms with van der Waals surface area (Å²) in [6.07, 6.45) is 4.74. The maximum atomic E-state index is 14.2. The molecule has 1 aromatic rings. The Labute approximate surface area is 146 Å². The summed E-state index contributed by atoms with van der Waals surface area (Å²) in [7, 11) is 0. The molecule has 1 N–H and O–H groups in total. The maximum Gasteiger partial charge on any atom is 0.317 e. The third kappa shape index (κ3) is 4.00. The van der Waals surface area contributed by atoms with E-state index in [0.717, 1.165) is 32.3 Å². The van der Waals surface area contributed by atoms with E-state index in [1.165, 1.54) is 6.07 Å². The lowest BCUT2D eigenvalue weighted by Gasteiger charge is -2.27. The Morgan fingerprint density at radius 1 is 1.24 bits per heavy atom. The van der Waals surface area contributed by atoms with Crippen molar-refractivity contribution < 1.29 is 23.5 Å². The fraction of sp³-hybridized carbons (Fsp3) is 0.579. The number of nitrogens with one attached hydrogen (secondary N) is 1. The highest BCUT2D eigenvalue weighted by Crippen LogP contribution is 2.43. The molecular formula is C19H24FNO4. The van der Waals surface area contributed by atoms with Crippen LogP contribution in [0.3, 0.4) is 0 Å². The predicted molar refractivity (Wildman–Crippen MR) is 89.5 cm³/mol. The summed E-state index contributed by atoms with van der Waals surface area (Å²) in [5.41, 5.74) is -0.600. The smallest absolute Gasteiger partial charge is 0.317 e. The number of hydrogen-bond acceptors (Lipinski definition) is 4. The lowest BCUT2D eigenvalue weighted by Crippen LogP contribution is -2.39. The second-order valence-electron chi connectivity index (χ2n) is 6.78. The molecule has 1 amide bonds. The molecule has 6 heteroatoms. The summed E-state index contributed by atoms with van der Waals surface area (Å²) in [6, 6.07) is 6.32. The average molecular weight is 349 g/mol. The summed E-state index contributed by atoms with van der Waals surface area (Å²) < 4.78 is 24.9. The van der Waals surface area contributed by atoms with Crippen molar-refractivity contribution in [1.82, 2.24) is 5.32 Å². The summed E-state index contributed by atoms with van der Waals surface area (Å²) >= 11 is 0. The van der Waals surface area contributed by atoms with Crippen LogP contribution in [0.15, 0.2) is 24.3 Å². The van der Waals surface area contributed by atoms with Crippen LogP contribution in [0.4, 0.5) is 4.39 Å². The first kappa shape index (κ1) is 17.9. The van der Waals surface area contributed by atoms with Gasteiger partial charge in [0.25, 0.3) is 5.91 Å². The maximum absolute atomic E-state index is 14.2. The number of halogens is 1. The van der Waals surface area contributed by atoms with Gasteiger partial charge >= 0.3 is 5.97 Å². The number of ether oxygens (including phenoxy) is 2. The third-order valence-corrected chi connectivity index (χ3v) is 5.12. The van der Waals surface area contributed by atoms with Crippen molar-refractivity contribution in [3.63, 3.8) is 0 Å². The fourth-order valence-electron chi connectivity index (χ4n) is 3.76. The van der Waals surface area contributed by atoms with Crippen LogP contribution in [0.25, 0.3) is 0 Å². The molecule has 1 aliphatic carbocycles. The van der Waals surface area contributed by atoms with Gasteiger partial charge in [-0.15, -0.1) is 0 Å². The van der Waals surface area contributed by atoms with Crippen LogP contribution in [-0.4, -0.2) is 37.7 Å². The highest BCUT2D eigenvalue weighted by atomic mass is 19.1. The van der Waals surface area contributed by atoms with Crippen molar-refractivity contribution in [3.05, 3.63) is 35.6 Å². The highest BCUT2D eigenvalue weighted by molar-refractivity contribution is 5.86. The number of rotatable bonds is 6. The first-order chi connectivity index (χ1) is 12.1. The number of esters is 1. The molecule has 0 spiro atoms. The van der Waals surface area contributed by atoms with Crippen LogP contribution in [0.2, 0.25) is 0 Å². The van der Waals surface area contributed by atoms with E-state index in [4.69, 9.17) is 9.47 Å². The zero-order chi connectivity index (χ0) is 17.7. The zero-order valence-corrected chi connectivity index (χ0v) is 14.3. The second kappa shape index (κ2) is 7.95. The molecule has 5 nitrogen and oxygen atoms in total. The van der Waals surface area contributed by atoms with Crippen molar-refractivity contribution in [3.8, 4) is 0 Å². The summed E-state index contributed by atoms with van der Waals surface area (Å²) in [5, 5.41) is 2.72. The minimum absolute atomic E-state index is 0.0410. The predicted octanol–water partition coefficient (Wildman–Crippen LogP) is 2.48. The van der Waals surface area contributed by atoms with Crippen molar-refractivity contribution >= 4 is 11.9 Å². The van der Waals surface area contributed by atoms with E-state index in [1.54, 1.807) is 18.2 Å². The molecule has 0 bridgehead atoms. The quantitative estimate of drug-likeness (QED) is 0.802. The molecule has 0 radical (unpaired) electrons. The van der Waals surface area contributed by atoms with E-state index in [2.05, 4.69) is 5.32 Å². The van der Waals surface area contributed by atoms with Gasteiger partial charge in [0.2, 0.25) is 0 Å². The molecule has 2 aliphatic rings. The van der Waals surface area contributed by atoms with Crippen molar-refractivity contribution in [1.29, 1.82) is 0 Å². The Morgan fingerprint density at radius 2 is 2.00 bits per heavy atom. The summed E-state index contributed by atoms with van der Waals surface area (Å²) in [6.45, 7) is 0.803. The minimum atomic E-state index is -0.972. The van der Waals surface area contributed by atoms with Crippen molar-refractivity contribution in [2.45, 2.75) is 50.0 Å². The molecule has 136 valence electrons. The lowest BCUT2D eigenvalue weighted by atomic mass is 9.78. The SMILES string of the molecule is O=C(COC(=O)C1(c2ccccc2F)CCCC1)NC[C@H]1CCCO1. The molecule has 25 heavy (non-hydrogen) atoms. The molecule has 1 heterocycles. The molecule has 0 aromatic heterocycles. The molecule has 1 saturated carbocycles. The topological polar surface area (TPSA) is 64.6 Å². The summed E-state index contributed by atoms with van der Waals surface area (Å²) in [4.78, 5) is 24.6. The van der Waals surface area contributed by atoms with Gasteiger partial charge in [0, 0.05) is 18.7 Å². The first-order valence-electron chi connectivity index (χ1n) is 8.92. The van der Waals surface area contributed by atoms with Gasteiger partial charge in [-0.3, -0.25) is 9.59 Å². The van der Waals surface area contributed by atoms with Crippen molar-refractivity contribution in [2.24, 2.45) is 0 Å². The Morgan fingerprint density at radius 3 is 2.68 bits per heavy atom. The van der Waals surface area contributed by atoms with Crippen LogP contribution >= 0.6 is 0 Å². The Balaban J connectivity index is 1.58. The number of hydrogen-bond donors (Lipinski definition) is 1. The van der Waals surface area contributed by atoms with Crippen LogP contribution in [-0.2, 0) is 24.5 Å². The first-order valence-corrected chi connectivity index (χ1v) is 8.92. The van der Waals surface area contributed by atoms with Crippen molar-refractivity contribution in [2.75, 3.05) is 19.8 Å². The van der Waals surface area contributed by atoms with Gasteiger partial charge < -0.3 is 14.8 Å². The monoisotopic (exact) mass is 349 g/mol. The number of benzene rings is 1. The van der Waals surface area contributed by atoms with Crippen LogP contribution in [0.1, 0.15) is 44.1 Å². The van der Waals surface area contributed by atoms with E-state index < -0.39 is 17.2 Å². The average Bonchev–Trinajstić information content (AvgIpc) is 3.30. The molecule has 0 unspecified atom stereocenters. The molecular weight excluding hydrogens is 325 g/mol. The molecule has 1 atom stereocenters. The van der Waals surface area contributed by atoms with Gasteiger partial charge in [-0.25, -0.2) is 4.39 Å². The van der Waals surface area contributed by atoms with Gasteiger partial charge in [0.05, 0.1) is 11.5 Å². The van der Waals surface area contributed by atoms with Gasteiger partial charge in [0.15, 0.2) is 6.61 Å². The summed E-state index contributed by atoms with van der Waals surface area (Å²) in [5.74, 6) is -1.27. The Hall–Kier alpha value is -1.95. The lowest BCUT2D eigenvalue weighted by molar-refractivity contribution is -0.154.